The van der Waals surface area contributed by atoms with Crippen LogP contribution in [0.4, 0.5) is 0 Å². The van der Waals surface area contributed by atoms with E-state index in [0.717, 1.165) is 23.7 Å². The van der Waals surface area contributed by atoms with Crippen molar-refractivity contribution in [1.29, 1.82) is 0 Å². The van der Waals surface area contributed by atoms with E-state index in [1.165, 1.54) is 18.4 Å². The van der Waals surface area contributed by atoms with Gasteiger partial charge in [0.05, 0.1) is 7.11 Å². The van der Waals surface area contributed by atoms with Crippen molar-refractivity contribution in [2.45, 2.75) is 39.2 Å². The molecule has 1 unspecified atom stereocenters. The van der Waals surface area contributed by atoms with Crippen molar-refractivity contribution in [3.05, 3.63) is 28.8 Å². The molecule has 1 aromatic rings. The van der Waals surface area contributed by atoms with Gasteiger partial charge < -0.3 is 10.1 Å². The van der Waals surface area contributed by atoms with Crippen LogP contribution < -0.4 is 10.1 Å². The number of hydrogen-bond donors (Lipinski definition) is 1. The van der Waals surface area contributed by atoms with Crippen LogP contribution in [-0.2, 0) is 0 Å². The molecule has 0 radical (unpaired) electrons. The molecule has 1 aromatic carbocycles. The number of nitrogens with one attached hydrogen (secondary N) is 1. The fourth-order valence-corrected chi connectivity index (χ4v) is 2.24. The van der Waals surface area contributed by atoms with E-state index < -0.39 is 0 Å². The molecule has 0 aromatic heterocycles. The molecule has 2 nitrogen and oxygen atoms in total. The average molecular weight is 256 g/mol. The summed E-state index contributed by atoms with van der Waals surface area (Å²) in [6.07, 6.45) is 3.53. The number of hydrogen-bond acceptors (Lipinski definition) is 2. The van der Waals surface area contributed by atoms with Crippen LogP contribution in [0.5, 0.6) is 5.75 Å². The van der Waals surface area contributed by atoms with E-state index >= 15 is 0 Å². The predicted octanol–water partition coefficient (Wildman–Crippen LogP) is 4.19. The predicted molar refractivity (Wildman–Crippen MR) is 73.9 cm³/mol. The summed E-state index contributed by atoms with van der Waals surface area (Å²) in [5, 5.41) is 4.27. The molecular weight excluding hydrogens is 234 g/mol. The Hall–Kier alpha value is -0.730. The standard InChI is InChI=1S/C14H22ClNO/c1-4-6-7-14(16-5-2)12-9-8-11(17-3)10-13(12)15/h8-10,14,16H,4-7H2,1-3H3. The lowest BCUT2D eigenvalue weighted by molar-refractivity contribution is 0.414. The molecule has 1 rings (SSSR count). The van der Waals surface area contributed by atoms with Gasteiger partial charge in [0.25, 0.3) is 0 Å². The molecule has 0 aliphatic rings. The normalized spacial score (nSPS) is 12.5. The Balaban J connectivity index is 2.85. The first kappa shape index (κ1) is 14.3. The topological polar surface area (TPSA) is 21.3 Å². The van der Waals surface area contributed by atoms with Gasteiger partial charge in [0.1, 0.15) is 5.75 Å². The minimum Gasteiger partial charge on any atom is -0.497 e. The van der Waals surface area contributed by atoms with Crippen LogP contribution in [0.3, 0.4) is 0 Å². The number of benzene rings is 1. The number of unbranched alkanes of at least 4 members (excludes halogenated alkanes) is 1. The summed E-state index contributed by atoms with van der Waals surface area (Å²) in [6.45, 7) is 5.28. The third-order valence-electron chi connectivity index (χ3n) is 2.88. The van der Waals surface area contributed by atoms with Crippen LogP contribution in [0.15, 0.2) is 18.2 Å². The van der Waals surface area contributed by atoms with E-state index in [1.807, 2.05) is 12.1 Å². The van der Waals surface area contributed by atoms with Crippen LogP contribution >= 0.6 is 11.6 Å². The molecule has 0 saturated heterocycles. The van der Waals surface area contributed by atoms with Gasteiger partial charge in [-0.3, -0.25) is 0 Å². The highest BCUT2D eigenvalue weighted by Crippen LogP contribution is 2.29. The van der Waals surface area contributed by atoms with Gasteiger partial charge in [-0.25, -0.2) is 0 Å². The van der Waals surface area contributed by atoms with Gasteiger partial charge in [-0.1, -0.05) is 44.4 Å². The molecule has 1 atom stereocenters. The Morgan fingerprint density at radius 3 is 2.65 bits per heavy atom. The Morgan fingerprint density at radius 1 is 1.35 bits per heavy atom. The molecule has 0 aliphatic heterocycles. The van der Waals surface area contributed by atoms with Gasteiger partial charge in [-0.05, 0) is 30.7 Å². The largest absolute Gasteiger partial charge is 0.497 e. The Bertz CT molecular complexity index is 341. The number of halogens is 1. The van der Waals surface area contributed by atoms with Crippen molar-refractivity contribution in [2.75, 3.05) is 13.7 Å². The van der Waals surface area contributed by atoms with E-state index in [0.29, 0.717) is 6.04 Å². The second-order valence-corrected chi connectivity index (χ2v) is 4.55. The first-order chi connectivity index (χ1) is 8.22. The van der Waals surface area contributed by atoms with E-state index in [4.69, 9.17) is 16.3 Å². The van der Waals surface area contributed by atoms with Crippen molar-refractivity contribution < 1.29 is 4.74 Å². The molecule has 96 valence electrons. The van der Waals surface area contributed by atoms with E-state index in [9.17, 15) is 0 Å². The maximum absolute atomic E-state index is 6.30. The number of methoxy groups -OCH3 is 1. The Kier molecular flexibility index (Phi) is 6.38. The third-order valence-corrected chi connectivity index (χ3v) is 3.21. The van der Waals surface area contributed by atoms with Crippen molar-refractivity contribution in [3.63, 3.8) is 0 Å². The van der Waals surface area contributed by atoms with Crippen LogP contribution in [-0.4, -0.2) is 13.7 Å². The van der Waals surface area contributed by atoms with Crippen LogP contribution in [0.2, 0.25) is 5.02 Å². The summed E-state index contributed by atoms with van der Waals surface area (Å²) in [6, 6.07) is 6.26. The van der Waals surface area contributed by atoms with Gasteiger partial charge >= 0.3 is 0 Å². The monoisotopic (exact) mass is 255 g/mol. The lowest BCUT2D eigenvalue weighted by Crippen LogP contribution is -2.21. The van der Waals surface area contributed by atoms with Gasteiger partial charge in [-0.15, -0.1) is 0 Å². The second kappa shape index (κ2) is 7.57. The molecule has 1 N–H and O–H groups in total. The SMILES string of the molecule is CCCCC(NCC)c1ccc(OC)cc1Cl. The van der Waals surface area contributed by atoms with E-state index in [1.54, 1.807) is 7.11 Å². The van der Waals surface area contributed by atoms with E-state index in [-0.39, 0.29) is 0 Å². The molecule has 0 saturated carbocycles. The molecule has 0 fully saturated rings. The van der Waals surface area contributed by atoms with Crippen molar-refractivity contribution in [1.82, 2.24) is 5.32 Å². The number of rotatable bonds is 7. The van der Waals surface area contributed by atoms with Gasteiger partial charge in [-0.2, -0.15) is 0 Å². The Morgan fingerprint density at radius 2 is 2.12 bits per heavy atom. The molecule has 0 spiro atoms. The highest BCUT2D eigenvalue weighted by atomic mass is 35.5. The first-order valence-electron chi connectivity index (χ1n) is 6.29. The van der Waals surface area contributed by atoms with Crippen LogP contribution in [0.25, 0.3) is 0 Å². The maximum Gasteiger partial charge on any atom is 0.120 e. The van der Waals surface area contributed by atoms with Crippen LogP contribution in [0, 0.1) is 0 Å². The molecule has 0 aliphatic carbocycles. The summed E-state index contributed by atoms with van der Waals surface area (Å²) in [4.78, 5) is 0. The zero-order valence-electron chi connectivity index (χ0n) is 10.9. The molecule has 0 bridgehead atoms. The summed E-state index contributed by atoms with van der Waals surface area (Å²) < 4.78 is 5.17. The van der Waals surface area contributed by atoms with Gasteiger partial charge in [0.2, 0.25) is 0 Å². The van der Waals surface area contributed by atoms with Gasteiger partial charge in [0.15, 0.2) is 0 Å². The third kappa shape index (κ3) is 4.21. The quantitative estimate of drug-likeness (QED) is 0.789. The lowest BCUT2D eigenvalue weighted by Gasteiger charge is -2.19. The molecule has 0 heterocycles. The van der Waals surface area contributed by atoms with E-state index in [2.05, 4.69) is 25.2 Å². The van der Waals surface area contributed by atoms with Crippen LogP contribution in [0.1, 0.15) is 44.7 Å². The minimum atomic E-state index is 0.346. The molecular formula is C14H22ClNO. The van der Waals surface area contributed by atoms with Gasteiger partial charge in [0, 0.05) is 11.1 Å². The highest BCUT2D eigenvalue weighted by molar-refractivity contribution is 6.31. The van der Waals surface area contributed by atoms with Crippen molar-refractivity contribution >= 4 is 11.6 Å². The number of ether oxygens (including phenoxy) is 1. The average Bonchev–Trinajstić information content (AvgIpc) is 2.34. The summed E-state index contributed by atoms with van der Waals surface area (Å²) in [5.74, 6) is 0.810. The Labute approximate surface area is 109 Å². The molecule has 3 heteroatoms. The summed E-state index contributed by atoms with van der Waals surface area (Å²) in [7, 11) is 1.66. The smallest absolute Gasteiger partial charge is 0.120 e. The first-order valence-corrected chi connectivity index (χ1v) is 6.67. The van der Waals surface area contributed by atoms with Crippen molar-refractivity contribution in [2.24, 2.45) is 0 Å². The summed E-state index contributed by atoms with van der Waals surface area (Å²) >= 11 is 6.30. The van der Waals surface area contributed by atoms with Crippen molar-refractivity contribution in [3.8, 4) is 5.75 Å². The minimum absolute atomic E-state index is 0.346. The highest BCUT2D eigenvalue weighted by Gasteiger charge is 2.13. The maximum atomic E-state index is 6.30. The molecule has 0 amide bonds. The fraction of sp³-hybridized carbons (Fsp3) is 0.571. The zero-order valence-corrected chi connectivity index (χ0v) is 11.7. The summed E-state index contributed by atoms with van der Waals surface area (Å²) in [5.41, 5.74) is 1.17. The molecule has 17 heavy (non-hydrogen) atoms. The zero-order chi connectivity index (χ0) is 12.7. The fourth-order valence-electron chi connectivity index (χ4n) is 1.94. The lowest BCUT2D eigenvalue weighted by atomic mass is 10.0. The second-order valence-electron chi connectivity index (χ2n) is 4.14.